The van der Waals surface area contributed by atoms with Gasteiger partial charge in [-0.2, -0.15) is 11.8 Å². The summed E-state index contributed by atoms with van der Waals surface area (Å²) < 4.78 is 0. The maximum absolute atomic E-state index is 12.1. The van der Waals surface area contributed by atoms with Crippen LogP contribution in [-0.4, -0.2) is 40.9 Å². The van der Waals surface area contributed by atoms with Crippen LogP contribution in [0.4, 0.5) is 5.69 Å². The molecular weight excluding hydrogens is 292 g/mol. The van der Waals surface area contributed by atoms with Crippen molar-refractivity contribution in [3.8, 4) is 0 Å². The average molecular weight is 310 g/mol. The molecule has 0 radical (unpaired) electrons. The molecule has 0 spiro atoms. The van der Waals surface area contributed by atoms with Gasteiger partial charge in [-0.3, -0.25) is 9.59 Å². The minimum atomic E-state index is -1.06. The molecule has 1 atom stereocenters. The molecule has 1 aromatic rings. The molecule has 0 aliphatic carbocycles. The Hall–Kier alpha value is -2.02. The summed E-state index contributed by atoms with van der Waals surface area (Å²) in [5, 5.41) is 14.1. The number of carboxylic acid groups (broad SMARTS) is 1. The quantitative estimate of drug-likeness (QED) is 0.710. The number of carbonyl (C=O) groups excluding carboxylic acids is 2. The number of hydrogen-bond donors (Lipinski definition) is 3. The number of hydrogen-bond acceptors (Lipinski definition) is 4. The van der Waals surface area contributed by atoms with E-state index in [4.69, 9.17) is 5.11 Å². The van der Waals surface area contributed by atoms with Gasteiger partial charge in [0.05, 0.1) is 0 Å². The van der Waals surface area contributed by atoms with Crippen LogP contribution in [0.1, 0.15) is 23.7 Å². The van der Waals surface area contributed by atoms with Gasteiger partial charge in [-0.05, 0) is 36.6 Å². The first-order valence-corrected chi connectivity index (χ1v) is 7.73. The standard InChI is InChI=1S/C14H18N2O4S/c1-9(17)15-11-5-3-4-10(8-11)13(18)16-12(14(19)20)6-7-21-2/h3-5,8,12H,6-7H2,1-2H3,(H,15,17)(H,16,18)(H,19,20). The molecule has 0 fully saturated rings. The summed E-state index contributed by atoms with van der Waals surface area (Å²) in [6, 6.07) is 5.42. The van der Waals surface area contributed by atoms with Crippen molar-refractivity contribution in [3.63, 3.8) is 0 Å². The molecule has 0 bridgehead atoms. The Morgan fingerprint density at radius 3 is 2.62 bits per heavy atom. The minimum absolute atomic E-state index is 0.240. The van der Waals surface area contributed by atoms with Gasteiger partial charge in [0.15, 0.2) is 0 Å². The lowest BCUT2D eigenvalue weighted by Crippen LogP contribution is -2.41. The number of aliphatic carboxylic acids is 1. The summed E-state index contributed by atoms with van der Waals surface area (Å²) in [6.07, 6.45) is 2.23. The molecule has 0 saturated heterocycles. The summed E-state index contributed by atoms with van der Waals surface area (Å²) >= 11 is 1.52. The van der Waals surface area contributed by atoms with E-state index in [-0.39, 0.29) is 5.91 Å². The normalized spacial score (nSPS) is 11.5. The Balaban J connectivity index is 2.77. The smallest absolute Gasteiger partial charge is 0.326 e. The van der Waals surface area contributed by atoms with E-state index in [0.29, 0.717) is 23.4 Å². The van der Waals surface area contributed by atoms with Gasteiger partial charge < -0.3 is 15.7 Å². The average Bonchev–Trinajstić information content (AvgIpc) is 2.42. The van der Waals surface area contributed by atoms with Crippen LogP contribution in [0.15, 0.2) is 24.3 Å². The number of nitrogens with one attached hydrogen (secondary N) is 2. The third-order valence-corrected chi connectivity index (χ3v) is 3.30. The van der Waals surface area contributed by atoms with Gasteiger partial charge in [0.2, 0.25) is 5.91 Å². The van der Waals surface area contributed by atoms with Gasteiger partial charge in [0.1, 0.15) is 6.04 Å². The van der Waals surface area contributed by atoms with Crippen LogP contribution in [0.5, 0.6) is 0 Å². The van der Waals surface area contributed by atoms with Crippen molar-refractivity contribution in [1.29, 1.82) is 0 Å². The molecular formula is C14H18N2O4S. The molecule has 0 aliphatic rings. The second-order valence-corrected chi connectivity index (χ2v) is 5.39. The van der Waals surface area contributed by atoms with Gasteiger partial charge in [0, 0.05) is 18.2 Å². The van der Waals surface area contributed by atoms with Crippen LogP contribution < -0.4 is 10.6 Å². The Labute approximate surface area is 127 Å². The maximum Gasteiger partial charge on any atom is 0.326 e. The van der Waals surface area contributed by atoms with Gasteiger partial charge in [-0.15, -0.1) is 0 Å². The molecule has 6 nitrogen and oxygen atoms in total. The van der Waals surface area contributed by atoms with Crippen LogP contribution >= 0.6 is 11.8 Å². The number of thioether (sulfide) groups is 1. The number of anilines is 1. The highest BCUT2D eigenvalue weighted by atomic mass is 32.2. The van der Waals surface area contributed by atoms with Crippen molar-refractivity contribution in [1.82, 2.24) is 5.32 Å². The second kappa shape index (κ2) is 8.31. The van der Waals surface area contributed by atoms with E-state index in [1.807, 2.05) is 6.26 Å². The molecule has 3 N–H and O–H groups in total. The van der Waals surface area contributed by atoms with Gasteiger partial charge in [0.25, 0.3) is 5.91 Å². The Morgan fingerprint density at radius 1 is 1.33 bits per heavy atom. The monoisotopic (exact) mass is 310 g/mol. The third-order valence-electron chi connectivity index (χ3n) is 2.66. The van der Waals surface area contributed by atoms with E-state index < -0.39 is 17.9 Å². The molecule has 0 heterocycles. The highest BCUT2D eigenvalue weighted by Crippen LogP contribution is 2.11. The number of carboxylic acids is 1. The lowest BCUT2D eigenvalue weighted by Gasteiger charge is -2.14. The molecule has 7 heteroatoms. The summed E-state index contributed by atoms with van der Waals surface area (Å²) in [7, 11) is 0. The third kappa shape index (κ3) is 5.86. The van der Waals surface area contributed by atoms with E-state index in [1.54, 1.807) is 18.2 Å². The Morgan fingerprint density at radius 2 is 2.05 bits per heavy atom. The molecule has 1 rings (SSSR count). The predicted molar refractivity (Wildman–Crippen MR) is 82.6 cm³/mol. The highest BCUT2D eigenvalue weighted by Gasteiger charge is 2.20. The van der Waals surface area contributed by atoms with Crippen LogP contribution in [0, 0.1) is 0 Å². The van der Waals surface area contributed by atoms with Crippen LogP contribution in [0.3, 0.4) is 0 Å². The Bertz CT molecular complexity index is 533. The zero-order valence-corrected chi connectivity index (χ0v) is 12.7. The number of rotatable bonds is 7. The van der Waals surface area contributed by atoms with Gasteiger partial charge in [-0.25, -0.2) is 4.79 Å². The molecule has 1 unspecified atom stereocenters. The predicted octanol–water partition coefficient (Wildman–Crippen LogP) is 1.58. The van der Waals surface area contributed by atoms with E-state index >= 15 is 0 Å². The van der Waals surface area contributed by atoms with Gasteiger partial charge >= 0.3 is 5.97 Å². The summed E-state index contributed by atoms with van der Waals surface area (Å²) in [5.41, 5.74) is 0.794. The van der Waals surface area contributed by atoms with Crippen molar-refractivity contribution in [2.24, 2.45) is 0 Å². The molecule has 2 amide bonds. The van der Waals surface area contributed by atoms with Crippen molar-refractivity contribution < 1.29 is 19.5 Å². The lowest BCUT2D eigenvalue weighted by atomic mass is 10.1. The molecule has 0 aromatic heterocycles. The van der Waals surface area contributed by atoms with E-state index in [9.17, 15) is 14.4 Å². The zero-order valence-electron chi connectivity index (χ0n) is 11.9. The van der Waals surface area contributed by atoms with Gasteiger partial charge in [-0.1, -0.05) is 6.07 Å². The highest BCUT2D eigenvalue weighted by molar-refractivity contribution is 7.98. The van der Waals surface area contributed by atoms with Crippen molar-refractivity contribution in [3.05, 3.63) is 29.8 Å². The topological polar surface area (TPSA) is 95.5 Å². The molecule has 0 aliphatic heterocycles. The van der Waals surface area contributed by atoms with Crippen LogP contribution in [-0.2, 0) is 9.59 Å². The van der Waals surface area contributed by atoms with Crippen molar-refractivity contribution in [2.45, 2.75) is 19.4 Å². The first-order chi connectivity index (χ1) is 9.93. The number of amides is 2. The fourth-order valence-electron chi connectivity index (χ4n) is 1.68. The molecule has 1 aromatic carbocycles. The summed E-state index contributed by atoms with van der Waals surface area (Å²) in [4.78, 5) is 34.2. The Kier molecular flexibility index (Phi) is 6.74. The molecule has 0 saturated carbocycles. The summed E-state index contributed by atoms with van der Waals surface area (Å²) in [5.74, 6) is -1.13. The first-order valence-electron chi connectivity index (χ1n) is 6.34. The molecule has 114 valence electrons. The fraction of sp³-hybridized carbons (Fsp3) is 0.357. The van der Waals surface area contributed by atoms with E-state index in [2.05, 4.69) is 10.6 Å². The summed E-state index contributed by atoms with van der Waals surface area (Å²) in [6.45, 7) is 1.37. The number of benzene rings is 1. The van der Waals surface area contributed by atoms with E-state index in [1.165, 1.54) is 24.8 Å². The fourth-order valence-corrected chi connectivity index (χ4v) is 2.15. The van der Waals surface area contributed by atoms with Crippen LogP contribution in [0.2, 0.25) is 0 Å². The zero-order chi connectivity index (χ0) is 15.8. The second-order valence-electron chi connectivity index (χ2n) is 4.41. The van der Waals surface area contributed by atoms with Crippen molar-refractivity contribution in [2.75, 3.05) is 17.3 Å². The molecule has 21 heavy (non-hydrogen) atoms. The first kappa shape index (κ1) is 17.0. The number of carbonyl (C=O) groups is 3. The largest absolute Gasteiger partial charge is 0.480 e. The van der Waals surface area contributed by atoms with Crippen molar-refractivity contribution >= 4 is 35.2 Å². The SMILES string of the molecule is CSCCC(NC(=O)c1cccc(NC(C)=O)c1)C(=O)O. The lowest BCUT2D eigenvalue weighted by molar-refractivity contribution is -0.139. The maximum atomic E-state index is 12.1. The van der Waals surface area contributed by atoms with E-state index in [0.717, 1.165) is 0 Å². The minimum Gasteiger partial charge on any atom is -0.480 e. The van der Waals surface area contributed by atoms with Crippen LogP contribution in [0.25, 0.3) is 0 Å².